The average molecular weight is 476 g/mol. The summed E-state index contributed by atoms with van der Waals surface area (Å²) in [6, 6.07) is 6.52. The molecule has 35 heavy (non-hydrogen) atoms. The smallest absolute Gasteiger partial charge is 0.230 e. The van der Waals surface area contributed by atoms with Gasteiger partial charge in [0.1, 0.15) is 0 Å². The summed E-state index contributed by atoms with van der Waals surface area (Å²) in [5.41, 5.74) is 2.37. The first-order chi connectivity index (χ1) is 16.9. The Balaban J connectivity index is 1.07. The van der Waals surface area contributed by atoms with Gasteiger partial charge in [0.2, 0.25) is 11.9 Å². The number of anilines is 4. The number of nitrogens with one attached hydrogen (secondary N) is 3. The topological polar surface area (TPSA) is 85.4 Å². The molecule has 0 radical (unpaired) electrons. The van der Waals surface area contributed by atoms with E-state index in [4.69, 9.17) is 0 Å². The number of aromatic nitrogens is 2. The molecule has 182 valence electrons. The monoisotopic (exact) mass is 475 g/mol. The molecule has 1 aromatic carbocycles. The third kappa shape index (κ3) is 2.97. The molecule has 2 atom stereocenters. The number of hydrogen-bond acceptors (Lipinski definition) is 7. The van der Waals surface area contributed by atoms with Crippen LogP contribution in [-0.4, -0.2) is 65.6 Å². The van der Waals surface area contributed by atoms with Crippen LogP contribution in [0.15, 0.2) is 36.5 Å². The number of amides is 1. The molecule has 4 fully saturated rings. The first-order valence-corrected chi connectivity index (χ1v) is 12.5. The highest BCUT2D eigenvalue weighted by molar-refractivity contribution is 6.01. The highest BCUT2D eigenvalue weighted by Crippen LogP contribution is 2.91. The van der Waals surface area contributed by atoms with Gasteiger partial charge < -0.3 is 25.8 Å². The van der Waals surface area contributed by atoms with Crippen molar-refractivity contribution < 1.29 is 9.18 Å². The van der Waals surface area contributed by atoms with Gasteiger partial charge in [-0.3, -0.25) is 4.79 Å². The minimum Gasteiger partial charge on any atom is -0.369 e. The van der Waals surface area contributed by atoms with Crippen molar-refractivity contribution in [2.45, 2.75) is 31.3 Å². The van der Waals surface area contributed by atoms with Crippen LogP contribution in [0, 0.1) is 30.0 Å². The van der Waals surface area contributed by atoms with Gasteiger partial charge in [-0.1, -0.05) is 12.2 Å². The number of carbonyl (C=O) groups is 1. The van der Waals surface area contributed by atoms with E-state index in [0.717, 1.165) is 44.7 Å². The van der Waals surface area contributed by atoms with E-state index >= 15 is 0 Å². The van der Waals surface area contributed by atoms with E-state index in [1.54, 1.807) is 0 Å². The van der Waals surface area contributed by atoms with E-state index in [-0.39, 0.29) is 23.6 Å². The number of aryl methyl sites for hydroxylation is 1. The first kappa shape index (κ1) is 21.1. The molecule has 1 amide bonds. The number of nitrogens with zero attached hydrogens (tertiary/aromatic N) is 4. The number of carbonyl (C=O) groups excluding carboxylic acids is 1. The summed E-state index contributed by atoms with van der Waals surface area (Å²) in [5.74, 6) is 0.262. The van der Waals surface area contributed by atoms with Crippen molar-refractivity contribution in [1.82, 2.24) is 20.2 Å². The van der Waals surface area contributed by atoms with Gasteiger partial charge in [0, 0.05) is 55.4 Å². The van der Waals surface area contributed by atoms with E-state index in [2.05, 4.69) is 74.0 Å². The van der Waals surface area contributed by atoms with E-state index in [9.17, 15) is 9.18 Å². The molecule has 2 heterocycles. The molecule has 5 aliphatic carbocycles. The van der Waals surface area contributed by atoms with Gasteiger partial charge in [-0.2, -0.15) is 4.98 Å². The van der Waals surface area contributed by atoms with Crippen LogP contribution in [0.25, 0.3) is 0 Å². The fraction of sp³-hybridized carbons (Fsp3) is 0.500. The molecule has 1 aliphatic heterocycles. The number of piperazine rings is 1. The molecule has 6 aliphatic rings. The highest BCUT2D eigenvalue weighted by Gasteiger charge is 3.02. The number of rotatable bonds is 7. The third-order valence-electron chi connectivity index (χ3n) is 8.63. The molecule has 9 heteroatoms. The Morgan fingerprint density at radius 2 is 1.89 bits per heavy atom. The van der Waals surface area contributed by atoms with E-state index in [0.29, 0.717) is 12.0 Å². The predicted molar refractivity (Wildman–Crippen MR) is 132 cm³/mol. The zero-order valence-electron chi connectivity index (χ0n) is 20.0. The maximum absolute atomic E-state index is 14.7. The van der Waals surface area contributed by atoms with Crippen molar-refractivity contribution in [2.75, 3.05) is 48.8 Å². The van der Waals surface area contributed by atoms with E-state index < -0.39 is 16.8 Å². The van der Waals surface area contributed by atoms with Crippen LogP contribution in [0.5, 0.6) is 0 Å². The summed E-state index contributed by atoms with van der Waals surface area (Å²) in [6.45, 7) is 6.24. The van der Waals surface area contributed by atoms with Gasteiger partial charge in [-0.25, -0.2) is 9.37 Å². The molecular weight excluding hydrogens is 445 g/mol. The Morgan fingerprint density at radius 3 is 2.57 bits per heavy atom. The van der Waals surface area contributed by atoms with Gasteiger partial charge in [-0.15, -0.1) is 0 Å². The van der Waals surface area contributed by atoms with Crippen molar-refractivity contribution in [3.63, 3.8) is 0 Å². The zero-order valence-corrected chi connectivity index (χ0v) is 20.0. The maximum Gasteiger partial charge on any atom is 0.230 e. The van der Waals surface area contributed by atoms with Gasteiger partial charge in [0.25, 0.3) is 0 Å². The fourth-order valence-corrected chi connectivity index (χ4v) is 6.46. The Kier molecular flexibility index (Phi) is 4.32. The molecule has 8 nitrogen and oxygen atoms in total. The van der Waals surface area contributed by atoms with Crippen molar-refractivity contribution in [3.8, 4) is 0 Å². The molecule has 8 rings (SSSR count). The fourth-order valence-electron chi connectivity index (χ4n) is 6.46. The standard InChI is InChI=1S/C26H30FN7O/c1-15-13-17(5-6-19(15)34-11-9-33(2)10-12-34)30-24-28-14-18(27)22(31-24)32-26-20-7-8-21(26)25(20,26)23(35)29-16-3-4-16/h5-8,13-14,16,20-21H,3-4,9-12H2,1-2H3,(H,29,35)(H2,28,30,31,32)/t20-,21-,25-,26+/m1/s1. The van der Waals surface area contributed by atoms with Crippen LogP contribution in [-0.2, 0) is 4.79 Å². The van der Waals surface area contributed by atoms with Crippen LogP contribution in [0.2, 0.25) is 0 Å². The summed E-state index contributed by atoms with van der Waals surface area (Å²) in [6.07, 6.45) is 7.47. The minimum absolute atomic E-state index is 0.0937. The third-order valence-corrected chi connectivity index (χ3v) is 8.63. The molecule has 1 saturated heterocycles. The van der Waals surface area contributed by atoms with E-state index in [1.165, 1.54) is 17.4 Å². The lowest BCUT2D eigenvalue weighted by atomic mass is 10.0. The summed E-state index contributed by atoms with van der Waals surface area (Å²) < 4.78 is 14.7. The van der Waals surface area contributed by atoms with Gasteiger partial charge in [0.05, 0.1) is 17.2 Å². The summed E-state index contributed by atoms with van der Waals surface area (Å²) in [5, 5.41) is 9.67. The largest absolute Gasteiger partial charge is 0.369 e. The lowest BCUT2D eigenvalue weighted by molar-refractivity contribution is -0.125. The average Bonchev–Trinajstić information content (AvgIpc) is 3.76. The second kappa shape index (κ2) is 7.16. The maximum atomic E-state index is 14.7. The lowest BCUT2D eigenvalue weighted by Crippen LogP contribution is -2.44. The second-order valence-electron chi connectivity index (χ2n) is 10.8. The van der Waals surface area contributed by atoms with Crippen LogP contribution in [0.3, 0.4) is 0 Å². The summed E-state index contributed by atoms with van der Waals surface area (Å²) in [4.78, 5) is 26.3. The van der Waals surface area contributed by atoms with Crippen LogP contribution in [0.1, 0.15) is 18.4 Å². The lowest BCUT2D eigenvalue weighted by Gasteiger charge is -2.35. The zero-order chi connectivity index (χ0) is 23.9. The Morgan fingerprint density at radius 1 is 1.14 bits per heavy atom. The Hall–Kier alpha value is -3.20. The summed E-state index contributed by atoms with van der Waals surface area (Å²) in [7, 11) is 2.15. The molecule has 3 saturated carbocycles. The van der Waals surface area contributed by atoms with Crippen LogP contribution >= 0.6 is 0 Å². The normalized spacial score (nSPS) is 32.3. The van der Waals surface area contributed by atoms with Crippen molar-refractivity contribution in [1.29, 1.82) is 0 Å². The van der Waals surface area contributed by atoms with Gasteiger partial charge in [0.15, 0.2) is 11.6 Å². The molecular formula is C26H30FN7O. The van der Waals surface area contributed by atoms with Crippen molar-refractivity contribution in [3.05, 3.63) is 47.9 Å². The Labute approximate surface area is 204 Å². The second-order valence-corrected chi connectivity index (χ2v) is 10.8. The number of hydrogen-bond donors (Lipinski definition) is 3. The van der Waals surface area contributed by atoms with Crippen LogP contribution < -0.4 is 20.9 Å². The molecule has 2 aromatic rings. The predicted octanol–water partition coefficient (Wildman–Crippen LogP) is 2.66. The molecule has 1 aromatic heterocycles. The van der Waals surface area contributed by atoms with E-state index in [1.807, 2.05) is 6.07 Å². The Bertz CT molecular complexity index is 1240. The number of benzene rings is 1. The minimum atomic E-state index is -0.513. The van der Waals surface area contributed by atoms with Crippen molar-refractivity contribution >= 4 is 29.0 Å². The van der Waals surface area contributed by atoms with Crippen LogP contribution in [0.4, 0.5) is 27.5 Å². The van der Waals surface area contributed by atoms with Gasteiger partial charge >= 0.3 is 0 Å². The van der Waals surface area contributed by atoms with Gasteiger partial charge in [-0.05, 0) is 50.6 Å². The first-order valence-electron chi connectivity index (χ1n) is 12.5. The summed E-state index contributed by atoms with van der Waals surface area (Å²) >= 11 is 0. The molecule has 0 spiro atoms. The highest BCUT2D eigenvalue weighted by atomic mass is 19.1. The van der Waals surface area contributed by atoms with Crippen molar-refractivity contribution in [2.24, 2.45) is 17.3 Å². The number of likely N-dealkylation sites (N-methyl/N-ethyl adjacent to an activating group) is 1. The molecule has 2 bridgehead atoms. The quantitative estimate of drug-likeness (QED) is 0.531. The number of halogens is 1. The molecule has 3 N–H and O–H groups in total. The molecule has 0 unspecified atom stereocenters. The SMILES string of the molecule is Cc1cc(Nc2ncc(F)c(N[C@]34[C@@H]5C=C[C@@H]3[C@]54C(=O)NC3CC3)n2)ccc1N1CCN(C)CC1.